The Bertz CT molecular complexity index is 212. The van der Waals surface area contributed by atoms with Crippen molar-refractivity contribution in [1.82, 2.24) is 4.90 Å². The Hall–Kier alpha value is -0.370. The molecule has 4 atom stereocenters. The van der Waals surface area contributed by atoms with Crippen LogP contribution in [0.25, 0.3) is 0 Å². The van der Waals surface area contributed by atoms with Crippen LogP contribution < -0.4 is 0 Å². The van der Waals surface area contributed by atoms with Crippen molar-refractivity contribution in [3.05, 3.63) is 0 Å². The summed E-state index contributed by atoms with van der Waals surface area (Å²) in [5.41, 5.74) is 0. The molecule has 2 nitrogen and oxygen atoms in total. The first kappa shape index (κ1) is 7.07. The van der Waals surface area contributed by atoms with Crippen LogP contribution in [-0.4, -0.2) is 29.8 Å². The molecule has 2 bridgehead atoms. The summed E-state index contributed by atoms with van der Waals surface area (Å²) in [5, 5.41) is 0. The summed E-state index contributed by atoms with van der Waals surface area (Å²) < 4.78 is 0. The van der Waals surface area contributed by atoms with E-state index >= 15 is 0 Å². The Morgan fingerprint density at radius 3 is 2.08 bits per heavy atom. The molecule has 3 rings (SSSR count). The number of rotatable bonds is 0. The van der Waals surface area contributed by atoms with E-state index in [1.807, 2.05) is 0 Å². The van der Waals surface area contributed by atoms with Crippen LogP contribution in [-0.2, 0) is 4.79 Å². The maximum absolute atomic E-state index is 11.4. The van der Waals surface area contributed by atoms with Gasteiger partial charge in [0.25, 0.3) is 0 Å². The van der Waals surface area contributed by atoms with Gasteiger partial charge in [-0.2, -0.15) is 0 Å². The second-order valence-electron chi connectivity index (χ2n) is 4.65. The number of nitrogens with zero attached hydrogens (tertiary/aromatic N) is 1. The zero-order chi connectivity index (χ0) is 8.29. The smallest absolute Gasteiger partial charge is 0.136 e. The number of hydrogen-bond acceptors (Lipinski definition) is 2. The van der Waals surface area contributed by atoms with E-state index in [1.165, 1.54) is 12.8 Å². The molecule has 12 heavy (non-hydrogen) atoms. The van der Waals surface area contributed by atoms with Gasteiger partial charge in [0, 0.05) is 24.9 Å². The lowest BCUT2D eigenvalue weighted by molar-refractivity contribution is -0.123. The Morgan fingerprint density at radius 1 is 1.17 bits per heavy atom. The average Bonchev–Trinajstić information content (AvgIpc) is 2.10. The third-order valence-electron chi connectivity index (χ3n) is 4.29. The summed E-state index contributed by atoms with van der Waals surface area (Å²) >= 11 is 0. The molecule has 0 spiro atoms. The van der Waals surface area contributed by atoms with Gasteiger partial charge >= 0.3 is 0 Å². The predicted octanol–water partition coefficient (Wildman–Crippen LogP) is 1.06. The number of Topliss-reactive ketones (excluding diaryl/α,β-unsaturated/α-hetero) is 1. The quantitative estimate of drug-likeness (QED) is 0.535. The molecule has 1 aliphatic carbocycles. The van der Waals surface area contributed by atoms with Crippen molar-refractivity contribution in [2.75, 3.05) is 7.05 Å². The molecule has 1 saturated carbocycles. The maximum atomic E-state index is 11.4. The van der Waals surface area contributed by atoms with Crippen LogP contribution in [0.4, 0.5) is 0 Å². The van der Waals surface area contributed by atoms with E-state index in [4.69, 9.17) is 0 Å². The first-order valence-corrected chi connectivity index (χ1v) is 5.01. The fourth-order valence-electron chi connectivity index (χ4n) is 3.50. The second-order valence-corrected chi connectivity index (χ2v) is 4.65. The zero-order valence-electron chi connectivity index (χ0n) is 7.49. The topological polar surface area (TPSA) is 20.3 Å². The molecule has 0 unspecified atom stereocenters. The molecule has 2 heteroatoms. The van der Waals surface area contributed by atoms with Crippen LogP contribution in [0.15, 0.2) is 0 Å². The first-order valence-electron chi connectivity index (χ1n) is 5.01. The molecule has 0 amide bonds. The summed E-state index contributed by atoms with van der Waals surface area (Å²) in [5.74, 6) is 2.27. The minimum atomic E-state index is 0.512. The van der Waals surface area contributed by atoms with Crippen molar-refractivity contribution in [3.63, 3.8) is 0 Å². The minimum absolute atomic E-state index is 0.512. The number of piperidine rings is 1. The van der Waals surface area contributed by atoms with Crippen molar-refractivity contribution in [1.29, 1.82) is 0 Å². The van der Waals surface area contributed by atoms with Gasteiger partial charge in [0.05, 0.1) is 0 Å². The Kier molecular flexibility index (Phi) is 1.24. The van der Waals surface area contributed by atoms with Crippen molar-refractivity contribution < 1.29 is 4.79 Å². The van der Waals surface area contributed by atoms with E-state index < -0.39 is 0 Å². The van der Waals surface area contributed by atoms with Crippen LogP contribution in [0.1, 0.15) is 25.7 Å². The largest absolute Gasteiger partial charge is 0.300 e. The van der Waals surface area contributed by atoms with E-state index in [-0.39, 0.29) is 0 Å². The van der Waals surface area contributed by atoms with E-state index in [2.05, 4.69) is 11.9 Å². The fraction of sp³-hybridized carbons (Fsp3) is 0.900. The molecule has 0 aromatic carbocycles. The van der Waals surface area contributed by atoms with E-state index in [1.54, 1.807) is 0 Å². The standard InChI is InChI=1S/C10H15NO/c1-11-9-4-6(12)5-10(11)8-3-2-7(8)9/h7-10H,2-5H2,1H3/t7-,8-,9-,10+/m0/s1. The number of ketones is 1. The predicted molar refractivity (Wildman–Crippen MR) is 45.8 cm³/mol. The van der Waals surface area contributed by atoms with Gasteiger partial charge in [-0.3, -0.25) is 9.69 Å². The van der Waals surface area contributed by atoms with Crippen LogP contribution in [0.3, 0.4) is 0 Å². The van der Waals surface area contributed by atoms with E-state index in [0.29, 0.717) is 17.9 Å². The van der Waals surface area contributed by atoms with Crippen molar-refractivity contribution in [3.8, 4) is 0 Å². The Balaban J connectivity index is 1.95. The lowest BCUT2D eigenvalue weighted by atomic mass is 9.71. The van der Waals surface area contributed by atoms with Gasteiger partial charge in [0.2, 0.25) is 0 Å². The lowest BCUT2D eigenvalue weighted by Gasteiger charge is -2.32. The molecule has 0 radical (unpaired) electrons. The van der Waals surface area contributed by atoms with E-state index in [0.717, 1.165) is 24.7 Å². The molecule has 0 N–H and O–H groups in total. The van der Waals surface area contributed by atoms with Crippen molar-refractivity contribution in [2.24, 2.45) is 11.8 Å². The normalized spacial score (nSPS) is 51.9. The highest BCUT2D eigenvalue weighted by molar-refractivity contribution is 5.81. The number of fused-ring (bicyclic) bond motifs is 5. The minimum Gasteiger partial charge on any atom is -0.300 e. The Labute approximate surface area is 72.9 Å². The first-order chi connectivity index (χ1) is 5.77. The van der Waals surface area contributed by atoms with Gasteiger partial charge in [-0.15, -0.1) is 0 Å². The van der Waals surface area contributed by atoms with Gasteiger partial charge in [-0.25, -0.2) is 0 Å². The molecule has 0 aromatic heterocycles. The van der Waals surface area contributed by atoms with E-state index in [9.17, 15) is 4.79 Å². The fourth-order valence-corrected chi connectivity index (χ4v) is 3.50. The third kappa shape index (κ3) is 0.674. The van der Waals surface area contributed by atoms with Crippen LogP contribution >= 0.6 is 0 Å². The highest BCUT2D eigenvalue weighted by Gasteiger charge is 2.54. The highest BCUT2D eigenvalue weighted by Crippen LogP contribution is 2.52. The number of hydrogen-bond donors (Lipinski definition) is 0. The van der Waals surface area contributed by atoms with Crippen molar-refractivity contribution in [2.45, 2.75) is 37.8 Å². The molecule has 2 aliphatic heterocycles. The summed E-state index contributed by atoms with van der Waals surface area (Å²) in [6.45, 7) is 0. The molecule has 2 saturated heterocycles. The third-order valence-corrected chi connectivity index (χ3v) is 4.29. The second kappa shape index (κ2) is 2.11. The Morgan fingerprint density at radius 2 is 1.67 bits per heavy atom. The molecular weight excluding hydrogens is 150 g/mol. The summed E-state index contributed by atoms with van der Waals surface area (Å²) in [7, 11) is 2.21. The average molecular weight is 165 g/mol. The molecular formula is C10H15NO. The number of carbonyl (C=O) groups excluding carboxylic acids is 1. The maximum Gasteiger partial charge on any atom is 0.136 e. The SMILES string of the molecule is CN1[C@@H]2CC(=O)C[C@H]1[C@H]1CC[C@@H]12. The van der Waals surface area contributed by atoms with Crippen LogP contribution in [0, 0.1) is 11.8 Å². The highest BCUT2D eigenvalue weighted by atomic mass is 16.1. The van der Waals surface area contributed by atoms with Gasteiger partial charge < -0.3 is 0 Å². The monoisotopic (exact) mass is 165 g/mol. The summed E-state index contributed by atoms with van der Waals surface area (Å²) in [4.78, 5) is 13.8. The van der Waals surface area contributed by atoms with Gasteiger partial charge in [0.15, 0.2) is 0 Å². The zero-order valence-corrected chi connectivity index (χ0v) is 7.49. The molecule has 2 heterocycles. The van der Waals surface area contributed by atoms with Gasteiger partial charge in [-0.1, -0.05) is 0 Å². The molecule has 66 valence electrons. The molecule has 3 aliphatic rings. The van der Waals surface area contributed by atoms with Gasteiger partial charge in [0.1, 0.15) is 5.78 Å². The van der Waals surface area contributed by atoms with Crippen molar-refractivity contribution >= 4 is 5.78 Å². The summed E-state index contributed by atoms with van der Waals surface area (Å²) in [6, 6.07) is 1.24. The number of carbonyl (C=O) groups is 1. The van der Waals surface area contributed by atoms with Crippen LogP contribution in [0.2, 0.25) is 0 Å². The molecule has 3 fully saturated rings. The lowest BCUT2D eigenvalue weighted by Crippen LogP contribution is -2.41. The molecule has 0 aromatic rings. The summed E-state index contributed by atoms with van der Waals surface area (Å²) in [6.07, 6.45) is 4.44. The van der Waals surface area contributed by atoms with Crippen LogP contribution in [0.5, 0.6) is 0 Å². The van der Waals surface area contributed by atoms with Gasteiger partial charge in [-0.05, 0) is 31.7 Å².